The van der Waals surface area contributed by atoms with Crippen molar-refractivity contribution in [3.63, 3.8) is 0 Å². The summed E-state index contributed by atoms with van der Waals surface area (Å²) < 4.78 is 0. The molecule has 0 aliphatic rings. The molecule has 0 saturated heterocycles. The molecule has 72 valence electrons. The lowest BCUT2D eigenvalue weighted by Gasteiger charge is -2.05. The molecule has 0 bridgehead atoms. The third-order valence-corrected chi connectivity index (χ3v) is 2.35. The molecule has 0 fully saturated rings. The molecule has 0 unspecified atom stereocenters. The summed E-state index contributed by atoms with van der Waals surface area (Å²) in [4.78, 5) is 4.32. The number of hydrogen-bond donors (Lipinski definition) is 1. The van der Waals surface area contributed by atoms with Crippen molar-refractivity contribution in [1.29, 1.82) is 0 Å². The van der Waals surface area contributed by atoms with E-state index in [-0.39, 0.29) is 0 Å². The van der Waals surface area contributed by atoms with Crippen LogP contribution in [0.4, 0.5) is 0 Å². The van der Waals surface area contributed by atoms with Crippen LogP contribution in [-0.2, 0) is 6.42 Å². The van der Waals surface area contributed by atoms with Crippen molar-refractivity contribution in [3.05, 3.63) is 49.1 Å². The Morgan fingerprint density at radius 3 is 3.00 bits per heavy atom. The molecule has 1 heterocycles. The summed E-state index contributed by atoms with van der Waals surface area (Å²) in [5.74, 6) is 0. The van der Waals surface area contributed by atoms with Gasteiger partial charge in [-0.15, -0.1) is 0 Å². The van der Waals surface area contributed by atoms with E-state index in [4.69, 9.17) is 0 Å². The van der Waals surface area contributed by atoms with E-state index in [0.29, 0.717) is 0 Å². The standard InChI is InChI=1S/C12H14N2/c1-13-9-7-10-4-2-6-12-11(10)5-3-8-14-12/h2-6,8H,1,7,9,13H2. The van der Waals surface area contributed by atoms with Crippen molar-refractivity contribution in [1.82, 2.24) is 4.98 Å². The maximum Gasteiger partial charge on any atom is 0.0704 e. The van der Waals surface area contributed by atoms with Crippen LogP contribution in [0.2, 0.25) is 0 Å². The Balaban J connectivity index is 2.43. The van der Waals surface area contributed by atoms with E-state index < -0.39 is 0 Å². The Morgan fingerprint density at radius 2 is 2.14 bits per heavy atom. The van der Waals surface area contributed by atoms with Crippen molar-refractivity contribution in [2.45, 2.75) is 6.42 Å². The maximum atomic E-state index is 4.32. The largest absolute Gasteiger partial charge is 0.479 e. The van der Waals surface area contributed by atoms with Crippen molar-refractivity contribution in [2.24, 2.45) is 0 Å². The van der Waals surface area contributed by atoms with E-state index in [1.165, 1.54) is 10.9 Å². The van der Waals surface area contributed by atoms with Crippen LogP contribution in [-0.4, -0.2) is 11.5 Å². The normalized spacial score (nSPS) is 10.6. The van der Waals surface area contributed by atoms with Crippen LogP contribution in [0.3, 0.4) is 0 Å². The molecule has 0 amide bonds. The zero-order valence-electron chi connectivity index (χ0n) is 8.11. The lowest BCUT2D eigenvalue weighted by Crippen LogP contribution is -2.77. The third kappa shape index (κ3) is 1.75. The number of hydrogen-bond acceptors (Lipinski definition) is 1. The zero-order valence-corrected chi connectivity index (χ0v) is 8.11. The molecule has 2 heteroatoms. The Labute approximate surface area is 84.0 Å². The first-order chi connectivity index (χ1) is 6.92. The summed E-state index contributed by atoms with van der Waals surface area (Å²) in [5, 5.41) is 3.21. The van der Waals surface area contributed by atoms with Crippen molar-refractivity contribution < 1.29 is 5.32 Å². The fourth-order valence-corrected chi connectivity index (χ4v) is 1.64. The first-order valence-electron chi connectivity index (χ1n) is 4.85. The summed E-state index contributed by atoms with van der Waals surface area (Å²) in [6.07, 6.45) is 2.88. The molecule has 0 radical (unpaired) electrons. The van der Waals surface area contributed by atoms with Gasteiger partial charge >= 0.3 is 0 Å². The van der Waals surface area contributed by atoms with Crippen molar-refractivity contribution >= 4 is 10.9 Å². The van der Waals surface area contributed by atoms with Crippen LogP contribution >= 0.6 is 0 Å². The predicted octanol–water partition coefficient (Wildman–Crippen LogP) is 1.13. The molecule has 0 saturated carbocycles. The van der Waals surface area contributed by atoms with E-state index in [0.717, 1.165) is 18.5 Å². The molecule has 1 aromatic heterocycles. The van der Waals surface area contributed by atoms with Gasteiger partial charge in [-0.25, -0.2) is 0 Å². The molecule has 0 spiro atoms. The van der Waals surface area contributed by atoms with Crippen LogP contribution in [0.1, 0.15) is 5.56 Å². The molecule has 14 heavy (non-hydrogen) atoms. The van der Waals surface area contributed by atoms with Gasteiger partial charge in [-0.2, -0.15) is 7.05 Å². The highest BCUT2D eigenvalue weighted by atomic mass is 14.8. The Kier molecular flexibility index (Phi) is 2.75. The average Bonchev–Trinajstić information content (AvgIpc) is 2.26. The molecule has 2 rings (SSSR count). The molecule has 0 atom stereocenters. The molecule has 2 N–H and O–H groups in total. The second kappa shape index (κ2) is 4.20. The number of quaternary nitrogens is 1. The highest BCUT2D eigenvalue weighted by molar-refractivity contribution is 5.81. The number of fused-ring (bicyclic) bond motifs is 1. The summed E-state index contributed by atoms with van der Waals surface area (Å²) in [6.45, 7) is 1.02. The number of nitrogens with zero attached hydrogens (tertiary/aromatic N) is 1. The monoisotopic (exact) mass is 186 g/mol. The van der Waals surface area contributed by atoms with Gasteiger partial charge in [-0.1, -0.05) is 18.2 Å². The quantitative estimate of drug-likeness (QED) is 0.715. The number of benzene rings is 1. The predicted molar refractivity (Wildman–Crippen MR) is 57.6 cm³/mol. The van der Waals surface area contributed by atoms with Gasteiger partial charge in [0, 0.05) is 18.0 Å². The highest BCUT2D eigenvalue weighted by Gasteiger charge is 1.99. The van der Waals surface area contributed by atoms with Gasteiger partial charge in [0.1, 0.15) is 0 Å². The van der Waals surface area contributed by atoms with Crippen molar-refractivity contribution in [2.75, 3.05) is 6.54 Å². The molecule has 2 nitrogen and oxygen atoms in total. The lowest BCUT2D eigenvalue weighted by atomic mass is 10.1. The number of rotatable bonds is 3. The summed E-state index contributed by atoms with van der Waals surface area (Å²) >= 11 is 0. The van der Waals surface area contributed by atoms with Gasteiger partial charge in [0.2, 0.25) is 0 Å². The summed E-state index contributed by atoms with van der Waals surface area (Å²) in [6, 6.07) is 10.4. The summed E-state index contributed by atoms with van der Waals surface area (Å²) in [7, 11) is 3.74. The number of nitrogens with two attached hydrogens (primary N) is 1. The van der Waals surface area contributed by atoms with Gasteiger partial charge in [-0.05, 0) is 17.7 Å². The molecular formula is C12H14N2. The smallest absolute Gasteiger partial charge is 0.0704 e. The van der Waals surface area contributed by atoms with Gasteiger partial charge < -0.3 is 5.32 Å². The molecular weight excluding hydrogens is 172 g/mol. The minimum atomic E-state index is 1.02. The Hall–Kier alpha value is -1.41. The van der Waals surface area contributed by atoms with Gasteiger partial charge in [0.05, 0.1) is 12.1 Å². The van der Waals surface area contributed by atoms with E-state index in [1.807, 2.05) is 23.6 Å². The summed E-state index contributed by atoms with van der Waals surface area (Å²) in [5.41, 5.74) is 2.43. The highest BCUT2D eigenvalue weighted by Crippen LogP contribution is 2.15. The first kappa shape index (κ1) is 9.16. The topological polar surface area (TPSA) is 29.5 Å². The van der Waals surface area contributed by atoms with E-state index in [2.05, 4.69) is 30.2 Å². The Bertz CT molecular complexity index is 418. The maximum absolute atomic E-state index is 4.32. The molecule has 1 aromatic carbocycles. The van der Waals surface area contributed by atoms with Crippen LogP contribution in [0.15, 0.2) is 36.5 Å². The zero-order chi connectivity index (χ0) is 9.80. The lowest BCUT2D eigenvalue weighted by molar-refractivity contribution is -0.594. The Morgan fingerprint density at radius 1 is 1.21 bits per heavy atom. The van der Waals surface area contributed by atoms with Gasteiger partial charge in [-0.3, -0.25) is 4.98 Å². The number of pyridine rings is 1. The number of aromatic nitrogens is 1. The fourth-order valence-electron chi connectivity index (χ4n) is 1.64. The molecule has 0 aliphatic heterocycles. The van der Waals surface area contributed by atoms with Gasteiger partial charge in [0.25, 0.3) is 0 Å². The second-order valence-corrected chi connectivity index (χ2v) is 3.31. The minimum absolute atomic E-state index is 1.02. The van der Waals surface area contributed by atoms with Crippen molar-refractivity contribution in [3.8, 4) is 0 Å². The SMILES string of the molecule is [CH2-][NH2+]CCc1cccc2ncccc12. The second-order valence-electron chi connectivity index (χ2n) is 3.31. The van der Waals surface area contributed by atoms with E-state index in [1.54, 1.807) is 0 Å². The van der Waals surface area contributed by atoms with Crippen LogP contribution in [0.5, 0.6) is 0 Å². The van der Waals surface area contributed by atoms with E-state index in [9.17, 15) is 0 Å². The minimum Gasteiger partial charge on any atom is -0.479 e. The van der Waals surface area contributed by atoms with Crippen LogP contribution in [0.25, 0.3) is 10.9 Å². The third-order valence-electron chi connectivity index (χ3n) is 2.35. The molecule has 0 aliphatic carbocycles. The fraction of sp³-hybridized carbons (Fsp3) is 0.167. The van der Waals surface area contributed by atoms with Crippen LogP contribution < -0.4 is 5.32 Å². The molecule has 2 aromatic rings. The average molecular weight is 186 g/mol. The van der Waals surface area contributed by atoms with E-state index >= 15 is 0 Å². The van der Waals surface area contributed by atoms with Crippen LogP contribution in [0, 0.1) is 7.05 Å². The van der Waals surface area contributed by atoms with Gasteiger partial charge in [0.15, 0.2) is 0 Å². The first-order valence-corrected chi connectivity index (χ1v) is 4.85.